The topological polar surface area (TPSA) is 115 Å². The van der Waals surface area contributed by atoms with E-state index < -0.39 is 12.0 Å². The Kier molecular flexibility index (Phi) is 7.86. The maximum Gasteiger partial charge on any atom is 0.307 e. The van der Waals surface area contributed by atoms with E-state index >= 15 is 0 Å². The van der Waals surface area contributed by atoms with E-state index in [1.807, 2.05) is 0 Å². The summed E-state index contributed by atoms with van der Waals surface area (Å²) in [5, 5.41) is 13.2. The molecule has 0 radical (unpaired) electrons. The first-order valence-electron chi connectivity index (χ1n) is 8.93. The van der Waals surface area contributed by atoms with E-state index in [9.17, 15) is 9.59 Å². The second-order valence-corrected chi connectivity index (χ2v) is 6.37. The van der Waals surface area contributed by atoms with Crippen LogP contribution < -0.4 is 20.1 Å². The van der Waals surface area contributed by atoms with E-state index in [1.54, 1.807) is 25.3 Å². The van der Waals surface area contributed by atoms with Gasteiger partial charge in [0.2, 0.25) is 0 Å². The summed E-state index contributed by atoms with van der Waals surface area (Å²) in [5.41, 5.74) is 2.77. The minimum Gasteiger partial charge on any atom is -0.497 e. The number of rotatable bonds is 7. The van der Waals surface area contributed by atoms with Crippen molar-refractivity contribution in [3.63, 3.8) is 0 Å². The molecule has 0 bridgehead atoms. The molecule has 0 fully saturated rings. The van der Waals surface area contributed by atoms with E-state index in [1.165, 1.54) is 14.2 Å². The molecule has 3 rings (SSSR count). The number of carbonyl (C=O) groups excluding carboxylic acids is 2. The largest absolute Gasteiger partial charge is 0.497 e. The molecule has 1 aliphatic rings. The van der Waals surface area contributed by atoms with Gasteiger partial charge >= 0.3 is 5.97 Å². The number of amides is 1. The first-order valence-corrected chi connectivity index (χ1v) is 8.93. The van der Waals surface area contributed by atoms with Gasteiger partial charge in [-0.3, -0.25) is 14.7 Å². The number of aromatic nitrogens is 2. The van der Waals surface area contributed by atoms with Crippen molar-refractivity contribution in [2.24, 2.45) is 0 Å². The predicted octanol–water partition coefficient (Wildman–Crippen LogP) is 1.53. The Morgan fingerprint density at radius 3 is 2.72 bits per heavy atom. The third kappa shape index (κ3) is 4.99. The SMILES string of the molecule is COC(=O)CC(NC(=O)c1n[nH]c2c1CNCC2)c1ccc(OC)cc1OC.Cl. The molecule has 9 nitrogen and oxygen atoms in total. The number of methoxy groups -OCH3 is 3. The molecule has 0 spiro atoms. The van der Waals surface area contributed by atoms with Gasteiger partial charge in [-0.15, -0.1) is 12.4 Å². The first kappa shape index (κ1) is 22.5. The summed E-state index contributed by atoms with van der Waals surface area (Å²) < 4.78 is 15.4. The van der Waals surface area contributed by atoms with Crippen molar-refractivity contribution in [1.82, 2.24) is 20.8 Å². The molecular weight excluding hydrogens is 400 g/mol. The number of hydrogen-bond donors (Lipinski definition) is 3. The van der Waals surface area contributed by atoms with Gasteiger partial charge in [0.15, 0.2) is 5.69 Å². The zero-order valence-electron chi connectivity index (χ0n) is 16.5. The van der Waals surface area contributed by atoms with Crippen LogP contribution >= 0.6 is 12.4 Å². The van der Waals surface area contributed by atoms with Crippen molar-refractivity contribution in [3.8, 4) is 11.5 Å². The number of H-pyrrole nitrogens is 1. The van der Waals surface area contributed by atoms with Crippen LogP contribution in [0.5, 0.6) is 11.5 Å². The molecule has 29 heavy (non-hydrogen) atoms. The maximum absolute atomic E-state index is 12.9. The molecule has 1 unspecified atom stereocenters. The average molecular weight is 425 g/mol. The molecule has 1 atom stereocenters. The van der Waals surface area contributed by atoms with Crippen molar-refractivity contribution >= 4 is 24.3 Å². The van der Waals surface area contributed by atoms with Crippen LogP contribution in [0.4, 0.5) is 0 Å². The zero-order chi connectivity index (χ0) is 20.1. The highest BCUT2D eigenvalue weighted by molar-refractivity contribution is 5.94. The lowest BCUT2D eigenvalue weighted by Crippen LogP contribution is -2.32. The second-order valence-electron chi connectivity index (χ2n) is 6.37. The molecule has 10 heteroatoms. The van der Waals surface area contributed by atoms with Crippen LogP contribution in [0.25, 0.3) is 0 Å². The van der Waals surface area contributed by atoms with Crippen molar-refractivity contribution in [3.05, 3.63) is 40.7 Å². The van der Waals surface area contributed by atoms with Gasteiger partial charge in [-0.05, 0) is 12.1 Å². The van der Waals surface area contributed by atoms with Gasteiger partial charge in [0.25, 0.3) is 5.91 Å². The summed E-state index contributed by atoms with van der Waals surface area (Å²) in [4.78, 5) is 24.9. The van der Waals surface area contributed by atoms with Crippen LogP contribution in [0.15, 0.2) is 18.2 Å². The molecule has 0 saturated heterocycles. The molecule has 1 aliphatic heterocycles. The minimum absolute atomic E-state index is 0. The van der Waals surface area contributed by atoms with Crippen LogP contribution in [-0.4, -0.2) is 49.9 Å². The fourth-order valence-electron chi connectivity index (χ4n) is 3.23. The van der Waals surface area contributed by atoms with Crippen molar-refractivity contribution in [2.75, 3.05) is 27.9 Å². The van der Waals surface area contributed by atoms with Crippen LogP contribution in [0.3, 0.4) is 0 Å². The minimum atomic E-state index is -0.648. The van der Waals surface area contributed by atoms with Crippen LogP contribution in [0, 0.1) is 0 Å². The summed E-state index contributed by atoms with van der Waals surface area (Å²) in [6.07, 6.45) is 0.739. The number of aromatic amines is 1. The van der Waals surface area contributed by atoms with Crippen molar-refractivity contribution in [1.29, 1.82) is 0 Å². The summed E-state index contributed by atoms with van der Waals surface area (Å²) in [7, 11) is 4.38. The monoisotopic (exact) mass is 424 g/mol. The molecule has 3 N–H and O–H groups in total. The van der Waals surface area contributed by atoms with Gasteiger partial charge in [-0.1, -0.05) is 0 Å². The zero-order valence-corrected chi connectivity index (χ0v) is 17.4. The summed E-state index contributed by atoms with van der Waals surface area (Å²) in [5.74, 6) is 0.289. The summed E-state index contributed by atoms with van der Waals surface area (Å²) >= 11 is 0. The Bertz CT molecular complexity index is 870. The fourth-order valence-corrected chi connectivity index (χ4v) is 3.23. The molecular formula is C19H25ClN4O5. The van der Waals surface area contributed by atoms with Crippen molar-refractivity contribution in [2.45, 2.75) is 25.4 Å². The quantitative estimate of drug-likeness (QED) is 0.577. The lowest BCUT2D eigenvalue weighted by molar-refractivity contribution is -0.141. The van der Waals surface area contributed by atoms with Crippen LogP contribution in [0.1, 0.15) is 39.8 Å². The Labute approximate surface area is 174 Å². The second kappa shape index (κ2) is 10.1. The fraction of sp³-hybridized carbons (Fsp3) is 0.421. The highest BCUT2D eigenvalue weighted by Crippen LogP contribution is 2.31. The highest BCUT2D eigenvalue weighted by Gasteiger charge is 2.27. The maximum atomic E-state index is 12.9. The lowest BCUT2D eigenvalue weighted by Gasteiger charge is -2.21. The normalized spacial score (nSPS) is 13.5. The molecule has 1 aromatic heterocycles. The number of ether oxygens (including phenoxy) is 3. The Morgan fingerprint density at radius 2 is 2.03 bits per heavy atom. The third-order valence-corrected chi connectivity index (χ3v) is 4.74. The third-order valence-electron chi connectivity index (χ3n) is 4.74. The van der Waals surface area contributed by atoms with E-state index in [4.69, 9.17) is 14.2 Å². The summed E-state index contributed by atoms with van der Waals surface area (Å²) in [6, 6.07) is 4.55. The lowest BCUT2D eigenvalue weighted by atomic mass is 10.0. The van der Waals surface area contributed by atoms with Crippen LogP contribution in [-0.2, 0) is 22.5 Å². The molecule has 1 aromatic carbocycles. The standard InChI is InChI=1S/C19H24N4O5.ClH/c1-26-11-4-5-12(16(8-11)27-2)15(9-17(24)28-3)21-19(25)18-13-10-20-7-6-14(13)22-23-18;/h4-5,8,15,20H,6-7,9-10H2,1-3H3,(H,21,25)(H,22,23);1H. The van der Waals surface area contributed by atoms with Gasteiger partial charge in [-0.2, -0.15) is 5.10 Å². The molecule has 0 aliphatic carbocycles. The van der Waals surface area contributed by atoms with Gasteiger partial charge in [0.1, 0.15) is 11.5 Å². The Balaban J connectivity index is 0.00000300. The van der Waals surface area contributed by atoms with E-state index in [-0.39, 0.29) is 24.7 Å². The van der Waals surface area contributed by atoms with Gasteiger partial charge in [0, 0.05) is 42.4 Å². The van der Waals surface area contributed by atoms with Gasteiger partial charge in [0.05, 0.1) is 33.8 Å². The van der Waals surface area contributed by atoms with Gasteiger partial charge < -0.3 is 24.8 Å². The molecule has 158 valence electrons. The number of nitrogens with one attached hydrogen (secondary N) is 3. The number of hydrogen-bond acceptors (Lipinski definition) is 7. The smallest absolute Gasteiger partial charge is 0.307 e. The number of halogens is 1. The number of esters is 1. The van der Waals surface area contributed by atoms with E-state index in [2.05, 4.69) is 20.8 Å². The number of fused-ring (bicyclic) bond motifs is 1. The molecule has 1 amide bonds. The predicted molar refractivity (Wildman–Crippen MR) is 108 cm³/mol. The molecule has 0 saturated carbocycles. The van der Waals surface area contributed by atoms with Crippen molar-refractivity contribution < 1.29 is 23.8 Å². The number of nitrogens with zero attached hydrogens (tertiary/aromatic N) is 1. The van der Waals surface area contributed by atoms with E-state index in [0.717, 1.165) is 24.2 Å². The van der Waals surface area contributed by atoms with E-state index in [0.29, 0.717) is 29.3 Å². The number of carbonyl (C=O) groups is 2. The Hall–Kier alpha value is -2.78. The average Bonchev–Trinajstić information content (AvgIpc) is 3.16. The van der Waals surface area contributed by atoms with Crippen LogP contribution in [0.2, 0.25) is 0 Å². The molecule has 2 aromatic rings. The Morgan fingerprint density at radius 1 is 1.24 bits per heavy atom. The first-order chi connectivity index (χ1) is 13.6. The summed E-state index contributed by atoms with van der Waals surface area (Å²) in [6.45, 7) is 1.41. The molecule has 2 heterocycles. The van der Waals surface area contributed by atoms with Gasteiger partial charge in [-0.25, -0.2) is 0 Å². The number of benzene rings is 1. The highest BCUT2D eigenvalue weighted by atomic mass is 35.5.